The normalized spacial score (nSPS) is 12.9. The van der Waals surface area contributed by atoms with Gasteiger partial charge < -0.3 is 5.32 Å². The summed E-state index contributed by atoms with van der Waals surface area (Å²) in [5.74, 6) is 0.515. The SMILES string of the molecule is CCCNC(C#N)C(CC)CC. The Morgan fingerprint density at radius 2 is 1.83 bits per heavy atom. The Kier molecular flexibility index (Phi) is 6.79. The number of hydrogen-bond acceptors (Lipinski definition) is 2. The molecule has 0 spiro atoms. The zero-order valence-corrected chi connectivity index (χ0v) is 8.43. The van der Waals surface area contributed by atoms with E-state index in [4.69, 9.17) is 5.26 Å². The molecule has 0 fully saturated rings. The molecule has 70 valence electrons. The van der Waals surface area contributed by atoms with Crippen molar-refractivity contribution in [2.24, 2.45) is 5.92 Å². The maximum absolute atomic E-state index is 8.87. The topological polar surface area (TPSA) is 35.8 Å². The molecule has 0 bridgehead atoms. The molecule has 2 nitrogen and oxygen atoms in total. The molecule has 0 rings (SSSR count). The first kappa shape index (κ1) is 11.4. The van der Waals surface area contributed by atoms with Gasteiger partial charge in [0.05, 0.1) is 12.1 Å². The minimum atomic E-state index is 0.0555. The minimum Gasteiger partial charge on any atom is -0.302 e. The van der Waals surface area contributed by atoms with Gasteiger partial charge in [-0.25, -0.2) is 0 Å². The largest absolute Gasteiger partial charge is 0.302 e. The van der Waals surface area contributed by atoms with Gasteiger partial charge in [-0.15, -0.1) is 0 Å². The molecule has 0 aliphatic heterocycles. The van der Waals surface area contributed by atoms with E-state index in [2.05, 4.69) is 32.2 Å². The number of nitrogens with zero attached hydrogens (tertiary/aromatic N) is 1. The number of nitriles is 1. The van der Waals surface area contributed by atoms with Gasteiger partial charge in [0.25, 0.3) is 0 Å². The van der Waals surface area contributed by atoms with E-state index in [1.807, 2.05) is 0 Å². The average Bonchev–Trinajstić information content (AvgIpc) is 2.12. The molecular formula is C10H20N2. The van der Waals surface area contributed by atoms with Gasteiger partial charge in [0, 0.05) is 0 Å². The highest BCUT2D eigenvalue weighted by atomic mass is 14.9. The lowest BCUT2D eigenvalue weighted by Crippen LogP contribution is -2.34. The molecular weight excluding hydrogens is 148 g/mol. The monoisotopic (exact) mass is 168 g/mol. The smallest absolute Gasteiger partial charge is 0.0981 e. The second-order valence-corrected chi connectivity index (χ2v) is 3.14. The van der Waals surface area contributed by atoms with E-state index in [1.54, 1.807) is 0 Å². The predicted molar refractivity (Wildman–Crippen MR) is 51.8 cm³/mol. The summed E-state index contributed by atoms with van der Waals surface area (Å²) in [6.45, 7) is 7.36. The first-order valence-corrected chi connectivity index (χ1v) is 4.93. The lowest BCUT2D eigenvalue weighted by molar-refractivity contribution is 0.390. The molecule has 0 aromatic carbocycles. The summed E-state index contributed by atoms with van der Waals surface area (Å²) in [5.41, 5.74) is 0. The molecule has 1 unspecified atom stereocenters. The van der Waals surface area contributed by atoms with Crippen LogP contribution in [0.5, 0.6) is 0 Å². The summed E-state index contributed by atoms with van der Waals surface area (Å²) in [6, 6.07) is 2.38. The first-order valence-electron chi connectivity index (χ1n) is 4.93. The van der Waals surface area contributed by atoms with Crippen molar-refractivity contribution >= 4 is 0 Å². The van der Waals surface area contributed by atoms with Crippen molar-refractivity contribution in [2.45, 2.75) is 46.1 Å². The Morgan fingerprint density at radius 3 is 2.17 bits per heavy atom. The standard InChI is InChI=1S/C10H20N2/c1-4-7-12-10(8-11)9(5-2)6-3/h9-10,12H,4-7H2,1-3H3. The Morgan fingerprint density at radius 1 is 1.25 bits per heavy atom. The van der Waals surface area contributed by atoms with E-state index in [0.29, 0.717) is 5.92 Å². The molecule has 0 amide bonds. The van der Waals surface area contributed by atoms with Crippen molar-refractivity contribution in [1.82, 2.24) is 5.32 Å². The fourth-order valence-electron chi connectivity index (χ4n) is 1.38. The zero-order chi connectivity index (χ0) is 9.40. The molecule has 0 aliphatic rings. The van der Waals surface area contributed by atoms with Crippen molar-refractivity contribution in [3.05, 3.63) is 0 Å². The van der Waals surface area contributed by atoms with E-state index >= 15 is 0 Å². The minimum absolute atomic E-state index is 0.0555. The third-order valence-corrected chi connectivity index (χ3v) is 2.27. The van der Waals surface area contributed by atoms with Gasteiger partial charge in [-0.2, -0.15) is 5.26 Å². The molecule has 1 atom stereocenters. The lowest BCUT2D eigenvalue weighted by atomic mass is 9.95. The quantitative estimate of drug-likeness (QED) is 0.660. The molecule has 0 aliphatic carbocycles. The fourth-order valence-corrected chi connectivity index (χ4v) is 1.38. The fraction of sp³-hybridized carbons (Fsp3) is 0.900. The van der Waals surface area contributed by atoms with Gasteiger partial charge in [-0.3, -0.25) is 0 Å². The van der Waals surface area contributed by atoms with E-state index in [-0.39, 0.29) is 6.04 Å². The Bertz CT molecular complexity index is 133. The van der Waals surface area contributed by atoms with Crippen LogP contribution in [0.25, 0.3) is 0 Å². The van der Waals surface area contributed by atoms with Gasteiger partial charge in [-0.05, 0) is 18.9 Å². The van der Waals surface area contributed by atoms with Gasteiger partial charge >= 0.3 is 0 Å². The molecule has 0 heterocycles. The van der Waals surface area contributed by atoms with Crippen LogP contribution in [0.15, 0.2) is 0 Å². The van der Waals surface area contributed by atoms with Crippen LogP contribution in [-0.2, 0) is 0 Å². The average molecular weight is 168 g/mol. The molecule has 0 aromatic rings. The van der Waals surface area contributed by atoms with Gasteiger partial charge in [0.1, 0.15) is 0 Å². The Labute approximate surface area is 76.0 Å². The second-order valence-electron chi connectivity index (χ2n) is 3.14. The summed E-state index contributed by atoms with van der Waals surface area (Å²) in [4.78, 5) is 0. The maximum atomic E-state index is 8.87. The molecule has 12 heavy (non-hydrogen) atoms. The second kappa shape index (κ2) is 7.12. The van der Waals surface area contributed by atoms with Crippen LogP contribution in [0, 0.1) is 17.2 Å². The molecule has 0 aromatic heterocycles. The van der Waals surface area contributed by atoms with Crippen LogP contribution in [0.3, 0.4) is 0 Å². The van der Waals surface area contributed by atoms with E-state index in [0.717, 1.165) is 25.8 Å². The third kappa shape index (κ3) is 3.73. The highest BCUT2D eigenvalue weighted by Crippen LogP contribution is 2.12. The highest BCUT2D eigenvalue weighted by Gasteiger charge is 2.15. The Balaban J connectivity index is 3.86. The zero-order valence-electron chi connectivity index (χ0n) is 8.43. The van der Waals surface area contributed by atoms with Crippen molar-refractivity contribution in [2.75, 3.05) is 6.54 Å². The van der Waals surface area contributed by atoms with Crippen LogP contribution in [0.1, 0.15) is 40.0 Å². The van der Waals surface area contributed by atoms with Crippen LogP contribution < -0.4 is 5.32 Å². The van der Waals surface area contributed by atoms with Crippen molar-refractivity contribution in [3.63, 3.8) is 0 Å². The number of nitrogens with one attached hydrogen (secondary N) is 1. The molecule has 2 heteroatoms. The number of rotatable bonds is 6. The van der Waals surface area contributed by atoms with Crippen molar-refractivity contribution in [1.29, 1.82) is 5.26 Å². The summed E-state index contributed by atoms with van der Waals surface area (Å²) >= 11 is 0. The summed E-state index contributed by atoms with van der Waals surface area (Å²) < 4.78 is 0. The van der Waals surface area contributed by atoms with Crippen molar-refractivity contribution < 1.29 is 0 Å². The summed E-state index contributed by atoms with van der Waals surface area (Å²) in [7, 11) is 0. The summed E-state index contributed by atoms with van der Waals surface area (Å²) in [6.07, 6.45) is 3.27. The molecule has 0 radical (unpaired) electrons. The highest BCUT2D eigenvalue weighted by molar-refractivity contribution is 4.93. The lowest BCUT2D eigenvalue weighted by Gasteiger charge is -2.19. The molecule has 1 N–H and O–H groups in total. The predicted octanol–water partition coefficient (Wildman–Crippen LogP) is 2.31. The van der Waals surface area contributed by atoms with Crippen LogP contribution in [0.4, 0.5) is 0 Å². The molecule has 0 saturated carbocycles. The van der Waals surface area contributed by atoms with Gasteiger partial charge in [0.15, 0.2) is 0 Å². The maximum Gasteiger partial charge on any atom is 0.0981 e. The molecule has 0 saturated heterocycles. The van der Waals surface area contributed by atoms with Crippen LogP contribution >= 0.6 is 0 Å². The van der Waals surface area contributed by atoms with Crippen LogP contribution in [0.2, 0.25) is 0 Å². The first-order chi connectivity index (χ1) is 5.79. The number of hydrogen-bond donors (Lipinski definition) is 1. The summed E-state index contributed by atoms with van der Waals surface area (Å²) in [5, 5.41) is 12.1. The van der Waals surface area contributed by atoms with Crippen molar-refractivity contribution in [3.8, 4) is 6.07 Å². The van der Waals surface area contributed by atoms with Gasteiger partial charge in [0.2, 0.25) is 0 Å². The van der Waals surface area contributed by atoms with Crippen LogP contribution in [-0.4, -0.2) is 12.6 Å². The Hall–Kier alpha value is -0.550. The third-order valence-electron chi connectivity index (χ3n) is 2.27. The van der Waals surface area contributed by atoms with Gasteiger partial charge in [-0.1, -0.05) is 33.6 Å². The van der Waals surface area contributed by atoms with E-state index in [1.165, 1.54) is 0 Å². The van der Waals surface area contributed by atoms with E-state index < -0.39 is 0 Å². The van der Waals surface area contributed by atoms with E-state index in [9.17, 15) is 0 Å².